The molecule has 0 saturated heterocycles. The van der Waals surface area contributed by atoms with Crippen LogP contribution < -0.4 is 0 Å². The van der Waals surface area contributed by atoms with E-state index in [4.69, 9.17) is 5.11 Å². The van der Waals surface area contributed by atoms with Crippen molar-refractivity contribution in [2.24, 2.45) is 0 Å². The van der Waals surface area contributed by atoms with Gasteiger partial charge >= 0.3 is 5.97 Å². The van der Waals surface area contributed by atoms with Crippen molar-refractivity contribution in [3.8, 4) is 0 Å². The summed E-state index contributed by atoms with van der Waals surface area (Å²) >= 11 is 0. The van der Waals surface area contributed by atoms with Crippen LogP contribution in [-0.2, 0) is 4.79 Å². The molecule has 11 heavy (non-hydrogen) atoms. The quantitative estimate of drug-likeness (QED) is 0.702. The minimum absolute atomic E-state index is 0.0248. The largest absolute Gasteiger partial charge is 0.481 e. The first-order chi connectivity index (χ1) is 5.29. The van der Waals surface area contributed by atoms with Crippen molar-refractivity contribution in [1.29, 1.82) is 0 Å². The number of aliphatic carboxylic acids is 1. The van der Waals surface area contributed by atoms with Gasteiger partial charge in [-0.1, -0.05) is 6.07 Å². The number of hydrogen-bond donors (Lipinski definition) is 1. The van der Waals surface area contributed by atoms with E-state index in [9.17, 15) is 4.79 Å². The molecule has 0 aliphatic rings. The van der Waals surface area contributed by atoms with Crippen molar-refractivity contribution in [3.63, 3.8) is 0 Å². The van der Waals surface area contributed by atoms with Crippen molar-refractivity contribution in [1.82, 2.24) is 4.98 Å². The standard InChI is InChI=1S/C8H8NO2/c10-8(11)5-4-7-3-1-2-6-9-7/h1-4,6H,5H2,(H,10,11). The highest BCUT2D eigenvalue weighted by Gasteiger charge is 1.98. The number of aromatic nitrogens is 1. The van der Waals surface area contributed by atoms with Crippen molar-refractivity contribution < 1.29 is 9.90 Å². The van der Waals surface area contributed by atoms with Gasteiger partial charge in [0.25, 0.3) is 0 Å². The molecule has 1 heterocycles. The van der Waals surface area contributed by atoms with E-state index in [0.29, 0.717) is 5.69 Å². The molecule has 57 valence electrons. The lowest BCUT2D eigenvalue weighted by Crippen LogP contribution is -1.96. The van der Waals surface area contributed by atoms with Crippen LogP contribution in [0, 0.1) is 6.42 Å². The Hall–Kier alpha value is -1.38. The Morgan fingerprint density at radius 2 is 2.45 bits per heavy atom. The maximum atomic E-state index is 10.1. The fourth-order valence-electron chi connectivity index (χ4n) is 0.689. The van der Waals surface area contributed by atoms with Gasteiger partial charge < -0.3 is 5.11 Å². The van der Waals surface area contributed by atoms with Gasteiger partial charge in [0, 0.05) is 18.3 Å². The molecule has 1 radical (unpaired) electrons. The van der Waals surface area contributed by atoms with Gasteiger partial charge in [0.1, 0.15) is 0 Å². The molecule has 0 bridgehead atoms. The Morgan fingerprint density at radius 1 is 1.64 bits per heavy atom. The minimum Gasteiger partial charge on any atom is -0.481 e. The Kier molecular flexibility index (Phi) is 2.60. The summed E-state index contributed by atoms with van der Waals surface area (Å²) in [6.45, 7) is 0. The summed E-state index contributed by atoms with van der Waals surface area (Å²) < 4.78 is 0. The van der Waals surface area contributed by atoms with Crippen LogP contribution in [0.2, 0.25) is 0 Å². The molecule has 1 N–H and O–H groups in total. The van der Waals surface area contributed by atoms with Crippen molar-refractivity contribution in [2.45, 2.75) is 6.42 Å². The van der Waals surface area contributed by atoms with Gasteiger partial charge in [0.05, 0.1) is 6.42 Å². The molecule has 1 aromatic rings. The second kappa shape index (κ2) is 3.71. The van der Waals surface area contributed by atoms with E-state index in [1.54, 1.807) is 24.8 Å². The third-order valence-corrected chi connectivity index (χ3v) is 1.17. The van der Waals surface area contributed by atoms with Crippen LogP contribution in [0.4, 0.5) is 0 Å². The third kappa shape index (κ3) is 2.80. The van der Waals surface area contributed by atoms with Gasteiger partial charge in [-0.2, -0.15) is 0 Å². The summed E-state index contributed by atoms with van der Waals surface area (Å²) in [7, 11) is 0. The lowest BCUT2D eigenvalue weighted by Gasteiger charge is -1.93. The summed E-state index contributed by atoms with van der Waals surface area (Å²) in [6.07, 6.45) is 3.23. The van der Waals surface area contributed by atoms with Crippen LogP contribution in [0.1, 0.15) is 12.1 Å². The highest BCUT2D eigenvalue weighted by Crippen LogP contribution is 1.99. The SMILES string of the molecule is O=C(O)C[CH]c1ccccn1. The zero-order valence-corrected chi connectivity index (χ0v) is 5.90. The highest BCUT2D eigenvalue weighted by atomic mass is 16.4. The van der Waals surface area contributed by atoms with E-state index in [-0.39, 0.29) is 6.42 Å². The van der Waals surface area contributed by atoms with Crippen LogP contribution >= 0.6 is 0 Å². The van der Waals surface area contributed by atoms with E-state index in [2.05, 4.69) is 4.98 Å². The Bertz CT molecular complexity index is 233. The summed E-state index contributed by atoms with van der Waals surface area (Å²) in [5.74, 6) is -0.837. The first-order valence-corrected chi connectivity index (χ1v) is 3.25. The van der Waals surface area contributed by atoms with Gasteiger partial charge in [-0.15, -0.1) is 0 Å². The molecule has 0 saturated carbocycles. The molecule has 0 amide bonds. The molecular formula is C8H8NO2. The van der Waals surface area contributed by atoms with Gasteiger partial charge in [-0.3, -0.25) is 9.78 Å². The first kappa shape index (κ1) is 7.72. The van der Waals surface area contributed by atoms with E-state index in [1.807, 2.05) is 6.07 Å². The Labute approximate surface area is 64.7 Å². The number of nitrogens with zero attached hydrogens (tertiary/aromatic N) is 1. The molecule has 0 atom stereocenters. The lowest BCUT2D eigenvalue weighted by atomic mass is 10.2. The molecule has 1 aromatic heterocycles. The van der Waals surface area contributed by atoms with Crippen LogP contribution in [-0.4, -0.2) is 16.1 Å². The number of rotatable bonds is 3. The van der Waals surface area contributed by atoms with Gasteiger partial charge in [-0.05, 0) is 12.1 Å². The fourth-order valence-corrected chi connectivity index (χ4v) is 0.689. The molecular weight excluding hydrogens is 142 g/mol. The van der Waals surface area contributed by atoms with Crippen LogP contribution in [0.3, 0.4) is 0 Å². The molecule has 3 nitrogen and oxygen atoms in total. The number of hydrogen-bond acceptors (Lipinski definition) is 2. The van der Waals surface area contributed by atoms with Crippen LogP contribution in [0.5, 0.6) is 0 Å². The molecule has 0 aromatic carbocycles. The number of pyridine rings is 1. The second-order valence-electron chi connectivity index (χ2n) is 2.06. The predicted octanol–water partition coefficient (Wildman–Crippen LogP) is 1.11. The average molecular weight is 150 g/mol. The molecule has 0 aliphatic heterocycles. The first-order valence-electron chi connectivity index (χ1n) is 3.25. The minimum atomic E-state index is -0.837. The summed E-state index contributed by atoms with van der Waals surface area (Å²) in [5, 5.41) is 8.32. The van der Waals surface area contributed by atoms with Crippen LogP contribution in [0.15, 0.2) is 24.4 Å². The lowest BCUT2D eigenvalue weighted by molar-refractivity contribution is -0.136. The summed E-state index contributed by atoms with van der Waals surface area (Å²) in [5.41, 5.74) is 0.704. The normalized spacial score (nSPS) is 9.45. The van der Waals surface area contributed by atoms with Gasteiger partial charge in [0.15, 0.2) is 0 Å². The second-order valence-corrected chi connectivity index (χ2v) is 2.06. The van der Waals surface area contributed by atoms with Crippen molar-refractivity contribution in [3.05, 3.63) is 36.5 Å². The fraction of sp³-hybridized carbons (Fsp3) is 0.125. The van der Waals surface area contributed by atoms with E-state index < -0.39 is 5.97 Å². The predicted molar refractivity (Wildman–Crippen MR) is 39.9 cm³/mol. The highest BCUT2D eigenvalue weighted by molar-refractivity contribution is 5.68. The molecule has 0 fully saturated rings. The number of carboxylic acid groups (broad SMARTS) is 1. The molecule has 0 aliphatic carbocycles. The zero-order valence-electron chi connectivity index (χ0n) is 5.90. The topological polar surface area (TPSA) is 50.2 Å². The van der Waals surface area contributed by atoms with E-state index in [0.717, 1.165) is 0 Å². The van der Waals surface area contributed by atoms with Crippen molar-refractivity contribution in [2.75, 3.05) is 0 Å². The van der Waals surface area contributed by atoms with E-state index in [1.165, 1.54) is 0 Å². The Morgan fingerprint density at radius 3 is 3.00 bits per heavy atom. The smallest absolute Gasteiger partial charge is 0.304 e. The number of carboxylic acids is 1. The maximum Gasteiger partial charge on any atom is 0.304 e. The average Bonchev–Trinajstić information content (AvgIpc) is 2.03. The molecule has 1 rings (SSSR count). The summed E-state index contributed by atoms with van der Waals surface area (Å²) in [4.78, 5) is 14.0. The summed E-state index contributed by atoms with van der Waals surface area (Å²) in [6, 6.07) is 5.38. The Balaban J connectivity index is 2.45. The number of carbonyl (C=O) groups is 1. The maximum absolute atomic E-state index is 10.1. The zero-order chi connectivity index (χ0) is 8.10. The van der Waals surface area contributed by atoms with Gasteiger partial charge in [-0.25, -0.2) is 0 Å². The van der Waals surface area contributed by atoms with Gasteiger partial charge in [0.2, 0.25) is 0 Å². The van der Waals surface area contributed by atoms with Crippen LogP contribution in [0.25, 0.3) is 0 Å². The van der Waals surface area contributed by atoms with Crippen molar-refractivity contribution >= 4 is 5.97 Å². The molecule has 3 heteroatoms. The van der Waals surface area contributed by atoms with E-state index >= 15 is 0 Å². The molecule has 0 unspecified atom stereocenters. The molecule has 0 spiro atoms. The monoisotopic (exact) mass is 150 g/mol. The third-order valence-electron chi connectivity index (χ3n) is 1.17.